The first-order valence-electron chi connectivity index (χ1n) is 12.1. The van der Waals surface area contributed by atoms with E-state index in [0.717, 1.165) is 54.6 Å². The zero-order valence-electron chi connectivity index (χ0n) is 21.9. The van der Waals surface area contributed by atoms with Gasteiger partial charge in [-0.15, -0.1) is 0 Å². The standard InChI is InChI=1S/C19H32N4O2S.C7H6F2O/c1-13(2)26-23(4)18-11-15(19(24)20-7-6-8-25-5)10-17(22-18)21-12-16-9-14(16)3;1-10-7-3-5(8)2-6(9)4-7/h10-11,13-14,16H,6-9,12H2,1-5H3,(H,20,24)(H,21,22);2-4H,1H3/t14-,16?;/m0./s1. The highest BCUT2D eigenvalue weighted by Gasteiger charge is 2.32. The largest absolute Gasteiger partial charge is 0.497 e. The van der Waals surface area contributed by atoms with E-state index >= 15 is 0 Å². The average Bonchev–Trinajstić information content (AvgIpc) is 3.54. The molecule has 2 N–H and O–H groups in total. The van der Waals surface area contributed by atoms with Crippen molar-refractivity contribution in [2.75, 3.05) is 50.6 Å². The number of nitrogens with one attached hydrogen (secondary N) is 2. The normalized spacial score (nSPS) is 16.1. The Balaban J connectivity index is 0.000000380. The molecule has 10 heteroatoms. The number of aromatic nitrogens is 1. The van der Waals surface area contributed by atoms with Gasteiger partial charge in [0.15, 0.2) is 0 Å². The highest BCUT2D eigenvalue weighted by Crippen LogP contribution is 2.37. The quantitative estimate of drug-likeness (QED) is 0.285. The SMILES string of the molecule is COCCCNC(=O)c1cc(NCC2C[C@@H]2C)nc(N(C)SC(C)C)c1.COc1cc(F)cc(F)c1. The van der Waals surface area contributed by atoms with Gasteiger partial charge in [-0.3, -0.25) is 4.79 Å². The van der Waals surface area contributed by atoms with Crippen LogP contribution in [0.15, 0.2) is 30.3 Å². The molecule has 1 amide bonds. The lowest BCUT2D eigenvalue weighted by atomic mass is 10.2. The Labute approximate surface area is 217 Å². The summed E-state index contributed by atoms with van der Waals surface area (Å²) in [5.41, 5.74) is 0.634. The minimum absolute atomic E-state index is 0.0736. The summed E-state index contributed by atoms with van der Waals surface area (Å²) < 4.78 is 36.2. The Morgan fingerprint density at radius 1 is 1.19 bits per heavy atom. The van der Waals surface area contributed by atoms with Crippen molar-refractivity contribution < 1.29 is 23.0 Å². The van der Waals surface area contributed by atoms with E-state index in [4.69, 9.17) is 9.72 Å². The van der Waals surface area contributed by atoms with Gasteiger partial charge in [0.25, 0.3) is 5.91 Å². The molecule has 2 atom stereocenters. The molecule has 0 saturated heterocycles. The van der Waals surface area contributed by atoms with Gasteiger partial charge in [0.05, 0.1) is 7.11 Å². The molecule has 0 aliphatic heterocycles. The summed E-state index contributed by atoms with van der Waals surface area (Å²) >= 11 is 1.69. The molecular weight excluding hydrogens is 486 g/mol. The fourth-order valence-electron chi connectivity index (χ4n) is 3.36. The first-order chi connectivity index (χ1) is 17.1. The summed E-state index contributed by atoms with van der Waals surface area (Å²) in [6.07, 6.45) is 2.07. The van der Waals surface area contributed by atoms with Crippen molar-refractivity contribution in [1.29, 1.82) is 0 Å². The smallest absolute Gasteiger partial charge is 0.251 e. The first-order valence-corrected chi connectivity index (χ1v) is 12.9. The molecular formula is C26H38F2N4O3S. The lowest BCUT2D eigenvalue weighted by Crippen LogP contribution is -2.26. The van der Waals surface area contributed by atoms with Crippen LogP contribution < -0.4 is 19.7 Å². The molecule has 0 spiro atoms. The number of benzene rings is 1. The van der Waals surface area contributed by atoms with Gasteiger partial charge in [0, 0.05) is 62.9 Å². The third-order valence-electron chi connectivity index (χ3n) is 5.47. The minimum Gasteiger partial charge on any atom is -0.497 e. The van der Waals surface area contributed by atoms with Crippen molar-refractivity contribution in [3.8, 4) is 5.75 Å². The monoisotopic (exact) mass is 524 g/mol. The van der Waals surface area contributed by atoms with Gasteiger partial charge in [-0.2, -0.15) is 0 Å². The lowest BCUT2D eigenvalue weighted by Gasteiger charge is -2.21. The van der Waals surface area contributed by atoms with E-state index in [1.54, 1.807) is 19.1 Å². The number of anilines is 2. The van der Waals surface area contributed by atoms with Crippen LogP contribution in [0.4, 0.5) is 20.4 Å². The molecule has 1 aliphatic carbocycles. The third kappa shape index (κ3) is 10.6. The molecule has 1 aliphatic rings. The molecule has 1 aromatic carbocycles. The molecule has 1 saturated carbocycles. The second-order valence-corrected chi connectivity index (χ2v) is 10.7. The van der Waals surface area contributed by atoms with Gasteiger partial charge in [-0.05, 0) is 48.8 Å². The van der Waals surface area contributed by atoms with E-state index in [-0.39, 0.29) is 11.7 Å². The van der Waals surface area contributed by atoms with Crippen LogP contribution in [0.25, 0.3) is 0 Å². The number of carbonyl (C=O) groups is 1. The van der Waals surface area contributed by atoms with Crippen LogP contribution in [0.1, 0.15) is 44.0 Å². The summed E-state index contributed by atoms with van der Waals surface area (Å²) in [4.78, 5) is 17.2. The molecule has 1 aromatic heterocycles. The van der Waals surface area contributed by atoms with E-state index in [2.05, 4.69) is 36.1 Å². The third-order valence-corrected chi connectivity index (χ3v) is 6.39. The van der Waals surface area contributed by atoms with Crippen LogP contribution in [0.3, 0.4) is 0 Å². The number of nitrogens with zero attached hydrogens (tertiary/aromatic N) is 2. The minimum atomic E-state index is -0.628. The van der Waals surface area contributed by atoms with E-state index in [9.17, 15) is 13.6 Å². The molecule has 2 aromatic rings. The second kappa shape index (κ2) is 14.8. The van der Waals surface area contributed by atoms with Crippen LogP contribution in [-0.2, 0) is 4.74 Å². The molecule has 1 unspecified atom stereocenters. The summed E-state index contributed by atoms with van der Waals surface area (Å²) in [5, 5.41) is 6.80. The van der Waals surface area contributed by atoms with Crippen molar-refractivity contribution in [3.63, 3.8) is 0 Å². The van der Waals surface area contributed by atoms with Crippen molar-refractivity contribution in [2.24, 2.45) is 11.8 Å². The number of halogens is 2. The van der Waals surface area contributed by atoms with Gasteiger partial charge >= 0.3 is 0 Å². The Hall–Kier alpha value is -2.59. The van der Waals surface area contributed by atoms with Gasteiger partial charge in [0.1, 0.15) is 29.0 Å². The number of hydrogen-bond donors (Lipinski definition) is 2. The maximum Gasteiger partial charge on any atom is 0.251 e. The van der Waals surface area contributed by atoms with Crippen LogP contribution >= 0.6 is 11.9 Å². The Morgan fingerprint density at radius 2 is 1.86 bits per heavy atom. The predicted molar refractivity (Wildman–Crippen MR) is 143 cm³/mol. The fourth-order valence-corrected chi connectivity index (χ4v) is 4.19. The van der Waals surface area contributed by atoms with Crippen LogP contribution in [0.2, 0.25) is 0 Å². The zero-order chi connectivity index (χ0) is 26.7. The van der Waals surface area contributed by atoms with Crippen LogP contribution in [0.5, 0.6) is 5.75 Å². The van der Waals surface area contributed by atoms with Crippen molar-refractivity contribution in [3.05, 3.63) is 47.5 Å². The van der Waals surface area contributed by atoms with E-state index in [0.29, 0.717) is 24.0 Å². The number of methoxy groups -OCH3 is 2. The van der Waals surface area contributed by atoms with Gasteiger partial charge < -0.3 is 24.4 Å². The molecule has 1 heterocycles. The molecule has 1 fully saturated rings. The highest BCUT2D eigenvalue weighted by atomic mass is 32.2. The number of ether oxygens (including phenoxy) is 2. The topological polar surface area (TPSA) is 75.7 Å². The molecule has 200 valence electrons. The zero-order valence-corrected chi connectivity index (χ0v) is 22.8. The summed E-state index contributed by atoms with van der Waals surface area (Å²) in [6.45, 7) is 8.70. The number of pyridine rings is 1. The van der Waals surface area contributed by atoms with E-state index in [1.807, 2.05) is 23.5 Å². The first kappa shape index (κ1) is 29.6. The molecule has 3 rings (SSSR count). The van der Waals surface area contributed by atoms with Gasteiger partial charge in [-0.25, -0.2) is 13.8 Å². The summed E-state index contributed by atoms with van der Waals surface area (Å²) in [7, 11) is 5.01. The maximum atomic E-state index is 12.5. The van der Waals surface area contributed by atoms with Crippen LogP contribution in [0, 0.1) is 23.5 Å². The van der Waals surface area contributed by atoms with Gasteiger partial charge in [-0.1, -0.05) is 20.8 Å². The molecule has 0 bridgehead atoms. The van der Waals surface area contributed by atoms with Crippen molar-refractivity contribution >= 4 is 29.5 Å². The Kier molecular flexibility index (Phi) is 12.2. The number of carbonyl (C=O) groups excluding carboxylic acids is 1. The van der Waals surface area contributed by atoms with E-state index < -0.39 is 11.6 Å². The number of rotatable bonds is 12. The Bertz CT molecular complexity index is 960. The molecule has 0 radical (unpaired) electrons. The number of amides is 1. The van der Waals surface area contributed by atoms with E-state index in [1.165, 1.54) is 13.5 Å². The van der Waals surface area contributed by atoms with Crippen molar-refractivity contribution in [2.45, 2.75) is 38.9 Å². The summed E-state index contributed by atoms with van der Waals surface area (Å²) in [5.74, 6) is 1.92. The average molecular weight is 525 g/mol. The highest BCUT2D eigenvalue weighted by molar-refractivity contribution is 8.01. The van der Waals surface area contributed by atoms with Gasteiger partial charge in [0.2, 0.25) is 0 Å². The Morgan fingerprint density at radius 3 is 2.42 bits per heavy atom. The summed E-state index contributed by atoms with van der Waals surface area (Å²) in [6, 6.07) is 6.72. The predicted octanol–water partition coefficient (Wildman–Crippen LogP) is 5.38. The maximum absolute atomic E-state index is 12.5. The van der Waals surface area contributed by atoms with Crippen LogP contribution in [-0.4, -0.2) is 57.1 Å². The number of hydrogen-bond acceptors (Lipinski definition) is 7. The second-order valence-electron chi connectivity index (χ2n) is 9.02. The molecule has 7 nitrogen and oxygen atoms in total. The lowest BCUT2D eigenvalue weighted by molar-refractivity contribution is 0.0948. The molecule has 36 heavy (non-hydrogen) atoms. The fraction of sp³-hybridized carbons (Fsp3) is 0.538. The van der Waals surface area contributed by atoms with Crippen molar-refractivity contribution in [1.82, 2.24) is 10.3 Å².